The number of ether oxygens (including phenoxy) is 1. The minimum absolute atomic E-state index is 0.0226. The fourth-order valence-corrected chi connectivity index (χ4v) is 3.60. The lowest BCUT2D eigenvalue weighted by molar-refractivity contribution is -0.0190. The molecule has 7 nitrogen and oxygen atoms in total. The van der Waals surface area contributed by atoms with Crippen LogP contribution < -0.4 is 4.74 Å². The second kappa shape index (κ2) is 7.87. The van der Waals surface area contributed by atoms with Gasteiger partial charge in [0.1, 0.15) is 11.3 Å². The Morgan fingerprint density at radius 1 is 1.08 bits per heavy atom. The average Bonchev–Trinajstić information content (AvgIpc) is 2.32. The molecule has 0 amide bonds. The summed E-state index contributed by atoms with van der Waals surface area (Å²) in [4.78, 5) is 11.4. The third-order valence-electron chi connectivity index (χ3n) is 2.65. The zero-order valence-corrected chi connectivity index (χ0v) is 16.7. The molecular formula is C17H27O7P. The maximum absolute atomic E-state index is 12.9. The number of carboxylic acid groups (broad SMARTS) is 1. The van der Waals surface area contributed by atoms with Gasteiger partial charge in [0.05, 0.1) is 11.2 Å². The fraction of sp³-hybridized carbons (Fsp3) is 0.588. The standard InChI is InChI=1S/C17H27O7P/c1-12-9-8-10-13(14(12)15(18)19)21-11-22-25(20,23-16(2,3)4)24-17(5,6)7/h8-10H,11H2,1-7H3,(H,18,19). The molecule has 0 saturated heterocycles. The number of aromatic carboxylic acids is 1. The van der Waals surface area contributed by atoms with Gasteiger partial charge < -0.3 is 9.84 Å². The predicted molar refractivity (Wildman–Crippen MR) is 94.0 cm³/mol. The Hall–Kier alpha value is -1.40. The van der Waals surface area contributed by atoms with Crippen molar-refractivity contribution in [3.63, 3.8) is 0 Å². The van der Waals surface area contributed by atoms with Gasteiger partial charge in [-0.05, 0) is 60.1 Å². The zero-order valence-electron chi connectivity index (χ0n) is 15.8. The number of benzene rings is 1. The molecule has 8 heteroatoms. The van der Waals surface area contributed by atoms with Crippen LogP contribution >= 0.6 is 7.82 Å². The molecular weight excluding hydrogens is 347 g/mol. The second-order valence-corrected chi connectivity index (χ2v) is 9.02. The molecule has 1 rings (SSSR count). The number of carboxylic acids is 1. The van der Waals surface area contributed by atoms with Crippen molar-refractivity contribution in [2.24, 2.45) is 0 Å². The smallest absolute Gasteiger partial charge is 0.478 e. The lowest BCUT2D eigenvalue weighted by Gasteiger charge is -2.30. The molecule has 0 aliphatic carbocycles. The second-order valence-electron chi connectivity index (χ2n) is 7.50. The van der Waals surface area contributed by atoms with E-state index < -0.39 is 31.8 Å². The molecule has 142 valence electrons. The van der Waals surface area contributed by atoms with Gasteiger partial charge in [0, 0.05) is 0 Å². The molecule has 0 radical (unpaired) electrons. The number of hydrogen-bond donors (Lipinski definition) is 1. The van der Waals surface area contributed by atoms with E-state index in [9.17, 15) is 14.5 Å². The summed E-state index contributed by atoms with van der Waals surface area (Å²) in [5.41, 5.74) is -0.966. The monoisotopic (exact) mass is 374 g/mol. The summed E-state index contributed by atoms with van der Waals surface area (Å²) in [6.45, 7) is 11.5. The molecule has 0 heterocycles. The molecule has 0 aliphatic heterocycles. The van der Waals surface area contributed by atoms with E-state index in [1.807, 2.05) is 0 Å². The molecule has 0 unspecified atom stereocenters. The van der Waals surface area contributed by atoms with Crippen LogP contribution in [-0.4, -0.2) is 29.1 Å². The summed E-state index contributed by atoms with van der Waals surface area (Å²) in [6.07, 6.45) is 0. The molecule has 0 atom stereocenters. The molecule has 0 bridgehead atoms. The Morgan fingerprint density at radius 2 is 1.60 bits per heavy atom. The topological polar surface area (TPSA) is 91.3 Å². The molecule has 1 aromatic rings. The van der Waals surface area contributed by atoms with Crippen LogP contribution in [0.1, 0.15) is 57.5 Å². The average molecular weight is 374 g/mol. The van der Waals surface area contributed by atoms with Crippen molar-refractivity contribution in [1.29, 1.82) is 0 Å². The fourth-order valence-electron chi connectivity index (χ4n) is 1.93. The van der Waals surface area contributed by atoms with Crippen LogP contribution in [-0.2, 0) is 18.1 Å². The number of hydrogen-bond acceptors (Lipinski definition) is 6. The van der Waals surface area contributed by atoms with E-state index >= 15 is 0 Å². The highest BCUT2D eigenvalue weighted by Gasteiger charge is 2.37. The van der Waals surface area contributed by atoms with Crippen molar-refractivity contribution >= 4 is 13.8 Å². The largest absolute Gasteiger partial charge is 0.478 e. The van der Waals surface area contributed by atoms with Gasteiger partial charge in [-0.25, -0.2) is 13.9 Å². The Bertz CT molecular complexity index is 636. The van der Waals surface area contributed by atoms with E-state index in [1.165, 1.54) is 6.07 Å². The van der Waals surface area contributed by atoms with Crippen LogP contribution in [0, 0.1) is 6.92 Å². The molecule has 0 fully saturated rings. The van der Waals surface area contributed by atoms with Crippen LogP contribution in [0.5, 0.6) is 5.75 Å². The van der Waals surface area contributed by atoms with Gasteiger partial charge in [0.15, 0.2) is 6.79 Å². The Kier molecular flexibility index (Phi) is 6.81. The van der Waals surface area contributed by atoms with Crippen LogP contribution in [0.25, 0.3) is 0 Å². The molecule has 0 aliphatic rings. The summed E-state index contributed by atoms with van der Waals surface area (Å²) >= 11 is 0. The minimum atomic E-state index is -3.92. The minimum Gasteiger partial charge on any atom is -0.478 e. The summed E-state index contributed by atoms with van der Waals surface area (Å²) < 4.78 is 34.4. The van der Waals surface area contributed by atoms with Gasteiger partial charge >= 0.3 is 13.8 Å². The first kappa shape index (κ1) is 21.6. The number of rotatable bonds is 7. The van der Waals surface area contributed by atoms with Gasteiger partial charge in [-0.1, -0.05) is 12.1 Å². The third-order valence-corrected chi connectivity index (χ3v) is 4.61. The summed E-state index contributed by atoms with van der Waals surface area (Å²) in [7, 11) is -3.92. The van der Waals surface area contributed by atoms with Gasteiger partial charge in [-0.3, -0.25) is 9.05 Å². The van der Waals surface area contributed by atoms with E-state index in [0.717, 1.165) is 0 Å². The van der Waals surface area contributed by atoms with Gasteiger partial charge in [-0.2, -0.15) is 0 Å². The summed E-state index contributed by atoms with van der Waals surface area (Å²) in [5.74, 6) is -1.00. The van der Waals surface area contributed by atoms with Crippen molar-refractivity contribution in [3.8, 4) is 5.75 Å². The maximum atomic E-state index is 12.9. The van der Waals surface area contributed by atoms with Gasteiger partial charge in [0.25, 0.3) is 0 Å². The SMILES string of the molecule is Cc1cccc(OCOP(=O)(OC(C)(C)C)OC(C)(C)C)c1C(=O)O. The van der Waals surface area contributed by atoms with Crippen LogP contribution in [0.3, 0.4) is 0 Å². The summed E-state index contributed by atoms with van der Waals surface area (Å²) in [6, 6.07) is 4.82. The van der Waals surface area contributed by atoms with Crippen molar-refractivity contribution in [2.75, 3.05) is 6.79 Å². The highest BCUT2D eigenvalue weighted by Crippen LogP contribution is 2.55. The van der Waals surface area contributed by atoms with E-state index in [1.54, 1.807) is 60.6 Å². The highest BCUT2D eigenvalue weighted by molar-refractivity contribution is 7.48. The Balaban J connectivity index is 2.90. The van der Waals surface area contributed by atoms with E-state index in [4.69, 9.17) is 18.3 Å². The van der Waals surface area contributed by atoms with E-state index in [-0.39, 0.29) is 11.3 Å². The van der Waals surface area contributed by atoms with Gasteiger partial charge in [0.2, 0.25) is 0 Å². The highest BCUT2D eigenvalue weighted by atomic mass is 31.2. The normalized spacial score (nSPS) is 12.9. The lowest BCUT2D eigenvalue weighted by atomic mass is 10.1. The number of aryl methyl sites for hydroxylation is 1. The number of phosphoric ester groups is 1. The molecule has 1 N–H and O–H groups in total. The number of phosphoric acid groups is 1. The molecule has 25 heavy (non-hydrogen) atoms. The summed E-state index contributed by atoms with van der Waals surface area (Å²) in [5, 5.41) is 9.29. The van der Waals surface area contributed by atoms with Crippen molar-refractivity contribution < 1.29 is 32.8 Å². The van der Waals surface area contributed by atoms with E-state index in [2.05, 4.69) is 0 Å². The Morgan fingerprint density at radius 3 is 2.04 bits per heavy atom. The van der Waals surface area contributed by atoms with Crippen molar-refractivity contribution in [3.05, 3.63) is 29.3 Å². The molecule has 0 saturated carbocycles. The van der Waals surface area contributed by atoms with E-state index in [0.29, 0.717) is 5.56 Å². The first-order chi connectivity index (χ1) is 11.2. The van der Waals surface area contributed by atoms with Crippen molar-refractivity contribution in [1.82, 2.24) is 0 Å². The van der Waals surface area contributed by atoms with Crippen LogP contribution in [0.15, 0.2) is 18.2 Å². The molecule has 0 aromatic heterocycles. The first-order valence-corrected chi connectivity index (χ1v) is 9.30. The van der Waals surface area contributed by atoms with Gasteiger partial charge in [-0.15, -0.1) is 0 Å². The predicted octanol–water partition coefficient (Wildman–Crippen LogP) is 4.78. The van der Waals surface area contributed by atoms with Crippen LogP contribution in [0.2, 0.25) is 0 Å². The first-order valence-electron chi connectivity index (χ1n) is 7.84. The maximum Gasteiger partial charge on any atom is 0.478 e. The lowest BCUT2D eigenvalue weighted by Crippen LogP contribution is -2.25. The zero-order chi connectivity index (χ0) is 19.5. The molecule has 0 spiro atoms. The quantitative estimate of drug-likeness (QED) is 0.542. The third kappa shape index (κ3) is 7.57. The number of carbonyl (C=O) groups is 1. The van der Waals surface area contributed by atoms with Crippen LogP contribution in [0.4, 0.5) is 0 Å². The Labute approximate surface area is 148 Å². The van der Waals surface area contributed by atoms with Crippen molar-refractivity contribution in [2.45, 2.75) is 59.7 Å². The molecule has 1 aromatic carbocycles.